The summed E-state index contributed by atoms with van der Waals surface area (Å²) in [6.07, 6.45) is 0. The Morgan fingerprint density at radius 2 is 1.17 bits per heavy atom. The second-order valence-corrected chi connectivity index (χ2v) is 11.1. The monoisotopic (exact) mass is 485 g/mol. The van der Waals surface area contributed by atoms with Crippen LogP contribution in [0.1, 0.15) is 0 Å². The number of hydrogen-bond acceptors (Lipinski definition) is 2. The van der Waals surface area contributed by atoms with E-state index in [2.05, 4.69) is 120 Å². The third-order valence-corrected chi connectivity index (χ3v) is 9.35. The highest BCUT2D eigenvalue weighted by Gasteiger charge is 2.18. The van der Waals surface area contributed by atoms with Crippen molar-refractivity contribution in [1.29, 1.82) is 0 Å². The fourth-order valence-electron chi connectivity index (χ4n) is 5.16. The molecule has 0 N–H and O–H groups in total. The van der Waals surface area contributed by atoms with E-state index in [-0.39, 0.29) is 0 Å². The van der Waals surface area contributed by atoms with Crippen LogP contribution in [0.3, 0.4) is 0 Å². The highest BCUT2D eigenvalue weighted by Crippen LogP contribution is 2.44. The van der Waals surface area contributed by atoms with Gasteiger partial charge < -0.3 is 4.57 Å². The Bertz CT molecular complexity index is 1680. The van der Waals surface area contributed by atoms with E-state index in [1.165, 1.54) is 71.0 Å². The van der Waals surface area contributed by atoms with Crippen LogP contribution in [0.5, 0.6) is 0 Å². The van der Waals surface area contributed by atoms with E-state index in [0.717, 1.165) is 0 Å². The average molecular weight is 486 g/mol. The highest BCUT2D eigenvalue weighted by molar-refractivity contribution is 8.05. The zero-order valence-electron chi connectivity index (χ0n) is 19.1. The molecule has 6 aromatic rings. The molecular weight excluding hydrogens is 462 g/mol. The highest BCUT2D eigenvalue weighted by atomic mass is 32.2. The van der Waals surface area contributed by atoms with Crippen molar-refractivity contribution in [3.8, 4) is 27.9 Å². The van der Waals surface area contributed by atoms with E-state index in [4.69, 9.17) is 0 Å². The molecule has 7 rings (SSSR count). The predicted octanol–water partition coefficient (Wildman–Crippen LogP) is 9.32. The molecule has 2 heterocycles. The molecule has 35 heavy (non-hydrogen) atoms. The molecule has 0 amide bonds. The standard InChI is InChI=1S/C32H23NS2/c1-3-8-22(9-4-1)23-14-16-29-27(20-23)28-21-24(26-12-7-13-31-32(26)35-19-18-34-31)15-17-30(28)33(29)25-10-5-2-6-11-25/h1-17,20-21H,18-19H2. The molecule has 0 unspecified atom stereocenters. The Hall–Kier alpha value is -3.40. The van der Waals surface area contributed by atoms with Gasteiger partial charge in [0.2, 0.25) is 0 Å². The number of thioether (sulfide) groups is 2. The molecule has 168 valence electrons. The largest absolute Gasteiger partial charge is 0.309 e. The topological polar surface area (TPSA) is 4.93 Å². The van der Waals surface area contributed by atoms with E-state index in [1.807, 2.05) is 23.5 Å². The van der Waals surface area contributed by atoms with Crippen LogP contribution in [0.15, 0.2) is 125 Å². The number of aromatic nitrogens is 1. The fraction of sp³-hybridized carbons (Fsp3) is 0.0625. The molecule has 0 saturated carbocycles. The van der Waals surface area contributed by atoms with Crippen LogP contribution in [0.4, 0.5) is 0 Å². The summed E-state index contributed by atoms with van der Waals surface area (Å²) in [6.45, 7) is 0. The SMILES string of the molecule is c1ccc(-c2ccc3c(c2)c2cc(-c4cccc5c4SCCS5)ccc2n3-c2ccccc2)cc1. The van der Waals surface area contributed by atoms with Gasteiger partial charge in [0.05, 0.1) is 11.0 Å². The van der Waals surface area contributed by atoms with Gasteiger partial charge in [-0.15, -0.1) is 23.5 Å². The van der Waals surface area contributed by atoms with E-state index in [9.17, 15) is 0 Å². The van der Waals surface area contributed by atoms with E-state index < -0.39 is 0 Å². The summed E-state index contributed by atoms with van der Waals surface area (Å²) in [7, 11) is 0. The predicted molar refractivity (Wildman–Crippen MR) is 153 cm³/mol. The molecule has 0 aliphatic carbocycles. The number of rotatable bonds is 3. The summed E-state index contributed by atoms with van der Waals surface area (Å²) in [5, 5.41) is 2.59. The molecule has 5 aromatic carbocycles. The van der Waals surface area contributed by atoms with Crippen LogP contribution < -0.4 is 0 Å². The summed E-state index contributed by atoms with van der Waals surface area (Å²) >= 11 is 3.97. The lowest BCUT2D eigenvalue weighted by atomic mass is 10.0. The van der Waals surface area contributed by atoms with Crippen molar-refractivity contribution in [2.45, 2.75) is 9.79 Å². The number of nitrogens with zero attached hydrogens (tertiary/aromatic N) is 1. The Morgan fingerprint density at radius 1 is 0.514 bits per heavy atom. The summed E-state index contributed by atoms with van der Waals surface area (Å²) in [5.41, 5.74) is 8.81. The van der Waals surface area contributed by atoms with Crippen molar-refractivity contribution in [3.63, 3.8) is 0 Å². The second kappa shape index (κ2) is 8.67. The quantitative estimate of drug-likeness (QED) is 0.246. The Morgan fingerprint density at radius 3 is 1.94 bits per heavy atom. The van der Waals surface area contributed by atoms with Gasteiger partial charge in [-0.2, -0.15) is 0 Å². The van der Waals surface area contributed by atoms with Crippen LogP contribution in [-0.4, -0.2) is 16.1 Å². The van der Waals surface area contributed by atoms with Crippen molar-refractivity contribution in [2.24, 2.45) is 0 Å². The van der Waals surface area contributed by atoms with Gasteiger partial charge in [-0.1, -0.05) is 72.8 Å². The zero-order chi connectivity index (χ0) is 23.2. The maximum atomic E-state index is 2.40. The van der Waals surface area contributed by atoms with Crippen LogP contribution in [0.2, 0.25) is 0 Å². The Balaban J connectivity index is 1.51. The maximum Gasteiger partial charge on any atom is 0.0541 e. The summed E-state index contributed by atoms with van der Waals surface area (Å²) in [4.78, 5) is 2.84. The van der Waals surface area contributed by atoms with Crippen molar-refractivity contribution in [3.05, 3.63) is 115 Å². The lowest BCUT2D eigenvalue weighted by Crippen LogP contribution is -1.96. The molecule has 0 radical (unpaired) electrons. The van der Waals surface area contributed by atoms with Gasteiger partial charge in [0.1, 0.15) is 0 Å². The number of hydrogen-bond donors (Lipinski definition) is 0. The molecule has 0 saturated heterocycles. The molecule has 0 fully saturated rings. The van der Waals surface area contributed by atoms with Crippen LogP contribution >= 0.6 is 23.5 Å². The molecule has 3 heteroatoms. The molecular formula is C32H23NS2. The smallest absolute Gasteiger partial charge is 0.0541 e. The van der Waals surface area contributed by atoms with Gasteiger partial charge in [-0.25, -0.2) is 0 Å². The molecule has 1 aliphatic heterocycles. The van der Waals surface area contributed by atoms with Gasteiger partial charge >= 0.3 is 0 Å². The first-order valence-electron chi connectivity index (χ1n) is 11.9. The first-order chi connectivity index (χ1) is 17.4. The molecule has 1 nitrogen and oxygen atoms in total. The van der Waals surface area contributed by atoms with E-state index in [1.54, 1.807) is 0 Å². The first-order valence-corrected chi connectivity index (χ1v) is 13.9. The van der Waals surface area contributed by atoms with Crippen LogP contribution in [0.25, 0.3) is 49.7 Å². The minimum Gasteiger partial charge on any atom is -0.309 e. The third kappa shape index (κ3) is 3.58. The van der Waals surface area contributed by atoms with Gasteiger partial charge in [0, 0.05) is 37.8 Å². The molecule has 1 aromatic heterocycles. The lowest BCUT2D eigenvalue weighted by molar-refractivity contribution is 1.18. The van der Waals surface area contributed by atoms with Gasteiger partial charge in [0.15, 0.2) is 0 Å². The second-order valence-electron chi connectivity index (χ2n) is 8.83. The summed E-state index contributed by atoms with van der Waals surface area (Å²) in [5.74, 6) is 2.36. The first kappa shape index (κ1) is 20.9. The minimum atomic E-state index is 1.17. The van der Waals surface area contributed by atoms with Crippen LogP contribution in [-0.2, 0) is 0 Å². The van der Waals surface area contributed by atoms with E-state index >= 15 is 0 Å². The third-order valence-electron chi connectivity index (χ3n) is 6.76. The van der Waals surface area contributed by atoms with Crippen molar-refractivity contribution in [1.82, 2.24) is 4.57 Å². The Labute approximate surface area is 213 Å². The molecule has 1 aliphatic rings. The lowest BCUT2D eigenvalue weighted by Gasteiger charge is -2.18. The Kier molecular flexibility index (Phi) is 5.19. The molecule has 0 spiro atoms. The zero-order valence-corrected chi connectivity index (χ0v) is 20.8. The van der Waals surface area contributed by atoms with Gasteiger partial charge in [0.25, 0.3) is 0 Å². The van der Waals surface area contributed by atoms with Gasteiger partial charge in [-0.3, -0.25) is 0 Å². The normalized spacial score (nSPS) is 13.3. The van der Waals surface area contributed by atoms with Crippen molar-refractivity contribution >= 4 is 45.3 Å². The number of para-hydroxylation sites is 1. The van der Waals surface area contributed by atoms with Crippen LogP contribution in [0, 0.1) is 0 Å². The van der Waals surface area contributed by atoms with Crippen molar-refractivity contribution in [2.75, 3.05) is 11.5 Å². The molecule has 0 atom stereocenters. The molecule has 0 bridgehead atoms. The minimum absolute atomic E-state index is 1.17. The number of benzene rings is 5. The summed E-state index contributed by atoms with van der Waals surface area (Å²) in [6, 6.07) is 42.0. The summed E-state index contributed by atoms with van der Waals surface area (Å²) < 4.78 is 2.40. The van der Waals surface area contributed by atoms with Crippen molar-refractivity contribution < 1.29 is 0 Å². The fourth-order valence-corrected chi connectivity index (χ4v) is 7.57. The van der Waals surface area contributed by atoms with E-state index in [0.29, 0.717) is 0 Å². The van der Waals surface area contributed by atoms with Gasteiger partial charge in [-0.05, 0) is 64.7 Å². The average Bonchev–Trinajstić information content (AvgIpc) is 3.26. The number of fused-ring (bicyclic) bond motifs is 4. The maximum absolute atomic E-state index is 2.40.